The Bertz CT molecular complexity index is 588. The summed E-state index contributed by atoms with van der Waals surface area (Å²) < 4.78 is 10.9. The van der Waals surface area contributed by atoms with E-state index in [1.165, 1.54) is 23.1 Å². The molecule has 2 rings (SSSR count). The summed E-state index contributed by atoms with van der Waals surface area (Å²) in [6.07, 6.45) is 0. The molecule has 1 aliphatic heterocycles. The van der Waals surface area contributed by atoms with Gasteiger partial charge in [0.05, 0.1) is 29.9 Å². The third-order valence-corrected chi connectivity index (χ3v) is 3.29. The van der Waals surface area contributed by atoms with E-state index in [0.29, 0.717) is 37.7 Å². The monoisotopic (exact) mass is 309 g/mol. The van der Waals surface area contributed by atoms with Crippen molar-refractivity contribution in [2.24, 2.45) is 5.73 Å². The molecule has 0 bridgehead atoms. The van der Waals surface area contributed by atoms with Crippen LogP contribution in [-0.4, -0.2) is 42.7 Å². The predicted molar refractivity (Wildman–Crippen MR) is 80.0 cm³/mol. The van der Waals surface area contributed by atoms with Crippen molar-refractivity contribution in [3.8, 4) is 5.75 Å². The van der Waals surface area contributed by atoms with Crippen LogP contribution in [0.25, 0.3) is 0 Å². The van der Waals surface area contributed by atoms with E-state index in [2.05, 4.69) is 0 Å². The zero-order valence-electron chi connectivity index (χ0n) is 12.6. The number of anilines is 1. The van der Waals surface area contributed by atoms with Gasteiger partial charge in [0.15, 0.2) is 11.4 Å². The topological polar surface area (TPSA) is 108 Å². The van der Waals surface area contributed by atoms with Crippen LogP contribution in [0.2, 0.25) is 0 Å². The second kappa shape index (κ2) is 6.29. The van der Waals surface area contributed by atoms with Crippen molar-refractivity contribution in [3.63, 3.8) is 0 Å². The molecular weight excluding hydrogens is 290 g/mol. The van der Waals surface area contributed by atoms with Gasteiger partial charge in [-0.25, -0.2) is 0 Å². The first-order valence-electron chi connectivity index (χ1n) is 6.94. The van der Waals surface area contributed by atoms with Gasteiger partial charge >= 0.3 is 0 Å². The molecule has 0 saturated heterocycles. The van der Waals surface area contributed by atoms with Gasteiger partial charge in [-0.1, -0.05) is 0 Å². The largest absolute Gasteiger partial charge is 0.476 e. The number of benzene rings is 1. The number of hydrogen-bond acceptors (Lipinski definition) is 6. The van der Waals surface area contributed by atoms with Crippen LogP contribution in [0, 0.1) is 10.1 Å². The van der Waals surface area contributed by atoms with Crippen LogP contribution in [0.5, 0.6) is 5.75 Å². The maximum Gasteiger partial charge on any atom is 0.273 e. The number of ether oxygens (including phenoxy) is 2. The molecule has 0 radical (unpaired) electrons. The molecule has 2 N–H and O–H groups in total. The van der Waals surface area contributed by atoms with Crippen LogP contribution < -0.4 is 15.4 Å². The molecule has 0 aromatic heterocycles. The Hall–Kier alpha value is -2.19. The van der Waals surface area contributed by atoms with Crippen molar-refractivity contribution in [1.29, 1.82) is 0 Å². The molecule has 0 aliphatic carbocycles. The molecule has 0 fully saturated rings. The fourth-order valence-electron chi connectivity index (χ4n) is 2.24. The van der Waals surface area contributed by atoms with Gasteiger partial charge in [0.25, 0.3) is 11.6 Å². The van der Waals surface area contributed by atoms with Crippen molar-refractivity contribution in [1.82, 2.24) is 0 Å². The summed E-state index contributed by atoms with van der Waals surface area (Å²) in [5, 5.41) is 10.9. The van der Waals surface area contributed by atoms with E-state index in [9.17, 15) is 14.9 Å². The molecule has 0 spiro atoms. The lowest BCUT2D eigenvalue weighted by atomic mass is 10.0. The summed E-state index contributed by atoms with van der Waals surface area (Å²) in [4.78, 5) is 24.4. The van der Waals surface area contributed by atoms with Crippen LogP contribution in [0.15, 0.2) is 18.2 Å². The quantitative estimate of drug-likeness (QED) is 0.478. The van der Waals surface area contributed by atoms with Crippen molar-refractivity contribution in [3.05, 3.63) is 28.3 Å². The van der Waals surface area contributed by atoms with Crippen molar-refractivity contribution >= 4 is 17.3 Å². The average molecular weight is 309 g/mol. The minimum atomic E-state index is -1.09. The highest BCUT2D eigenvalue weighted by Crippen LogP contribution is 2.39. The van der Waals surface area contributed by atoms with Crippen molar-refractivity contribution in [2.75, 3.05) is 31.2 Å². The first-order valence-corrected chi connectivity index (χ1v) is 6.94. The van der Waals surface area contributed by atoms with Gasteiger partial charge in [-0.15, -0.1) is 0 Å². The van der Waals surface area contributed by atoms with Gasteiger partial charge in [0, 0.05) is 19.2 Å². The fraction of sp³-hybridized carbons (Fsp3) is 0.500. The number of carbonyl (C=O) groups excluding carboxylic acids is 1. The number of nitrogens with zero attached hydrogens (tertiary/aromatic N) is 2. The fourth-order valence-corrected chi connectivity index (χ4v) is 2.24. The predicted octanol–water partition coefficient (Wildman–Crippen LogP) is 1.07. The lowest BCUT2D eigenvalue weighted by Crippen LogP contribution is -2.53. The number of nitro benzene ring substituents is 1. The summed E-state index contributed by atoms with van der Waals surface area (Å²) in [7, 11) is 0. The molecule has 1 aromatic carbocycles. The van der Waals surface area contributed by atoms with Crippen LogP contribution >= 0.6 is 0 Å². The zero-order valence-corrected chi connectivity index (χ0v) is 12.6. The Morgan fingerprint density at radius 3 is 2.77 bits per heavy atom. The number of carbonyl (C=O) groups is 1. The summed E-state index contributed by atoms with van der Waals surface area (Å²) in [6, 6.07) is 4.20. The smallest absolute Gasteiger partial charge is 0.273 e. The molecule has 0 atom stereocenters. The van der Waals surface area contributed by atoms with Gasteiger partial charge in [-0.05, 0) is 19.9 Å². The third kappa shape index (κ3) is 3.18. The van der Waals surface area contributed by atoms with Crippen molar-refractivity contribution in [2.45, 2.75) is 19.4 Å². The normalized spacial score (nSPS) is 16.1. The van der Waals surface area contributed by atoms with E-state index in [-0.39, 0.29) is 11.6 Å². The van der Waals surface area contributed by atoms with Gasteiger partial charge in [-0.2, -0.15) is 0 Å². The van der Waals surface area contributed by atoms with Crippen LogP contribution in [0.1, 0.15) is 13.8 Å². The van der Waals surface area contributed by atoms with Gasteiger partial charge in [0.2, 0.25) is 0 Å². The Kier molecular flexibility index (Phi) is 4.62. The summed E-state index contributed by atoms with van der Waals surface area (Å²) in [5.74, 6) is 0.0998. The number of nitrogens with two attached hydrogens (primary N) is 1. The molecule has 8 heteroatoms. The number of fused-ring (bicyclic) bond motifs is 1. The van der Waals surface area contributed by atoms with Crippen LogP contribution in [-0.2, 0) is 9.53 Å². The van der Waals surface area contributed by atoms with E-state index in [0.717, 1.165) is 0 Å². The minimum Gasteiger partial charge on any atom is -0.476 e. The first kappa shape index (κ1) is 16.2. The minimum absolute atomic E-state index is 0.0803. The maximum atomic E-state index is 12.5. The van der Waals surface area contributed by atoms with Gasteiger partial charge in [0.1, 0.15) is 0 Å². The first-order chi connectivity index (χ1) is 10.4. The lowest BCUT2D eigenvalue weighted by Gasteiger charge is -2.38. The Labute approximate surface area is 127 Å². The zero-order chi connectivity index (χ0) is 16.3. The molecule has 22 heavy (non-hydrogen) atoms. The Morgan fingerprint density at radius 2 is 2.14 bits per heavy atom. The number of hydrogen-bond donors (Lipinski definition) is 1. The molecule has 1 amide bonds. The van der Waals surface area contributed by atoms with E-state index >= 15 is 0 Å². The second-order valence-electron chi connectivity index (χ2n) is 5.38. The van der Waals surface area contributed by atoms with Crippen LogP contribution in [0.4, 0.5) is 11.4 Å². The standard InChI is InChI=1S/C14H19N3O5/c1-14(2)13(18)16(6-8-21-7-5-15)11-4-3-10(17(19)20)9-12(11)22-14/h3-4,9H,5-8,15H2,1-2H3. The molecule has 8 nitrogen and oxygen atoms in total. The summed E-state index contributed by atoms with van der Waals surface area (Å²) >= 11 is 0. The molecule has 120 valence electrons. The Morgan fingerprint density at radius 1 is 1.41 bits per heavy atom. The van der Waals surface area contributed by atoms with Gasteiger partial charge < -0.3 is 20.1 Å². The van der Waals surface area contributed by atoms with Gasteiger partial charge in [-0.3, -0.25) is 14.9 Å². The molecule has 0 saturated carbocycles. The molecule has 1 aliphatic rings. The SMILES string of the molecule is CC1(C)Oc2cc([N+](=O)[O-])ccc2N(CCOCCN)C1=O. The highest BCUT2D eigenvalue weighted by molar-refractivity contribution is 6.02. The maximum absolute atomic E-state index is 12.5. The molecule has 1 heterocycles. The average Bonchev–Trinajstić information content (AvgIpc) is 2.46. The summed E-state index contributed by atoms with van der Waals surface area (Å²) in [5.41, 5.74) is 4.69. The summed E-state index contributed by atoms with van der Waals surface area (Å²) in [6.45, 7) is 4.74. The highest BCUT2D eigenvalue weighted by atomic mass is 16.6. The number of rotatable bonds is 6. The van der Waals surface area contributed by atoms with Crippen LogP contribution in [0.3, 0.4) is 0 Å². The number of nitro groups is 1. The Balaban J connectivity index is 2.29. The molecular formula is C14H19N3O5. The van der Waals surface area contributed by atoms with E-state index in [1.54, 1.807) is 13.8 Å². The second-order valence-corrected chi connectivity index (χ2v) is 5.38. The number of amides is 1. The highest BCUT2D eigenvalue weighted by Gasteiger charge is 2.41. The van der Waals surface area contributed by atoms with E-state index < -0.39 is 10.5 Å². The lowest BCUT2D eigenvalue weighted by molar-refractivity contribution is -0.385. The number of non-ortho nitro benzene ring substituents is 1. The molecule has 0 unspecified atom stereocenters. The van der Waals surface area contributed by atoms with E-state index in [1.807, 2.05) is 0 Å². The van der Waals surface area contributed by atoms with Crippen molar-refractivity contribution < 1.29 is 19.2 Å². The van der Waals surface area contributed by atoms with E-state index in [4.69, 9.17) is 15.2 Å². The molecule has 1 aromatic rings. The third-order valence-electron chi connectivity index (χ3n) is 3.29.